The second-order valence-corrected chi connectivity index (χ2v) is 10.7. The van der Waals surface area contributed by atoms with E-state index in [2.05, 4.69) is 4.98 Å². The molecule has 0 radical (unpaired) electrons. The Balaban J connectivity index is 1.75. The van der Waals surface area contributed by atoms with Crippen molar-refractivity contribution in [3.8, 4) is 16.9 Å². The molecule has 1 aliphatic heterocycles. The highest BCUT2D eigenvalue weighted by Gasteiger charge is 2.31. The molecule has 3 N–H and O–H groups in total. The Morgan fingerprint density at radius 1 is 1.26 bits per heavy atom. The molecule has 206 valence electrons. The zero-order valence-electron chi connectivity index (χ0n) is 20.7. The second-order valence-electron chi connectivity index (χ2n) is 9.24. The largest absolute Gasteiger partial charge is 0.496 e. The van der Waals surface area contributed by atoms with E-state index in [9.17, 15) is 28.2 Å². The number of aliphatic hydroxyl groups excluding tert-OH is 2. The summed E-state index contributed by atoms with van der Waals surface area (Å²) < 4.78 is 51.8. The molecule has 0 spiro atoms. The molecule has 1 aliphatic rings. The highest BCUT2D eigenvalue weighted by molar-refractivity contribution is 7.99. The Hall–Kier alpha value is -2.28. The molecule has 4 rings (SSSR count). The quantitative estimate of drug-likeness (QED) is 0.361. The van der Waals surface area contributed by atoms with Gasteiger partial charge in [0.25, 0.3) is 5.56 Å². The molecule has 7 nitrogen and oxygen atoms in total. The predicted molar refractivity (Wildman–Crippen MR) is 141 cm³/mol. The number of aromatic amines is 1. The Bertz CT molecular complexity index is 1340. The molecule has 0 saturated carbocycles. The molecule has 0 bridgehead atoms. The minimum absolute atomic E-state index is 0.0747. The van der Waals surface area contributed by atoms with Gasteiger partial charge in [-0.25, -0.2) is 0 Å². The summed E-state index contributed by atoms with van der Waals surface area (Å²) >= 11 is 7.27. The molecular formula is C26H28ClF3N2O5S. The molecule has 38 heavy (non-hydrogen) atoms. The van der Waals surface area contributed by atoms with Crippen LogP contribution in [0, 0.1) is 0 Å². The molecule has 1 aromatic heterocycles. The fraction of sp³-hybridized carbons (Fsp3) is 0.423. The highest BCUT2D eigenvalue weighted by Crippen LogP contribution is 2.42. The summed E-state index contributed by atoms with van der Waals surface area (Å²) in [4.78, 5) is 17.9. The number of aromatic nitrogens is 1. The zero-order chi connectivity index (χ0) is 27.6. The maximum Gasteiger partial charge on any atom is 0.416 e. The molecule has 1 fully saturated rings. The first kappa shape index (κ1) is 28.7. The van der Waals surface area contributed by atoms with Gasteiger partial charge in [-0.2, -0.15) is 13.2 Å². The molecule has 3 atom stereocenters. The third-order valence-electron chi connectivity index (χ3n) is 6.17. The van der Waals surface area contributed by atoms with Gasteiger partial charge in [-0.15, -0.1) is 11.8 Å². The van der Waals surface area contributed by atoms with Gasteiger partial charge in [0, 0.05) is 52.4 Å². The van der Waals surface area contributed by atoms with Crippen LogP contribution in [0.25, 0.3) is 22.0 Å². The lowest BCUT2D eigenvalue weighted by Crippen LogP contribution is -2.40. The van der Waals surface area contributed by atoms with Crippen LogP contribution in [0.2, 0.25) is 5.02 Å². The number of hydrogen-bond acceptors (Lipinski definition) is 7. The van der Waals surface area contributed by atoms with Crippen molar-refractivity contribution in [1.29, 1.82) is 0 Å². The minimum atomic E-state index is -4.60. The number of methoxy groups -OCH3 is 1. The maximum atomic E-state index is 13.6. The van der Waals surface area contributed by atoms with E-state index in [-0.39, 0.29) is 46.4 Å². The van der Waals surface area contributed by atoms with Crippen molar-refractivity contribution in [1.82, 2.24) is 9.88 Å². The average Bonchev–Trinajstić information content (AvgIpc) is 3.00. The Morgan fingerprint density at radius 3 is 2.74 bits per heavy atom. The van der Waals surface area contributed by atoms with Gasteiger partial charge in [-0.05, 0) is 43.3 Å². The van der Waals surface area contributed by atoms with Crippen molar-refractivity contribution in [2.24, 2.45) is 0 Å². The fourth-order valence-corrected chi connectivity index (χ4v) is 5.71. The van der Waals surface area contributed by atoms with Gasteiger partial charge in [0.15, 0.2) is 0 Å². The molecule has 2 heterocycles. The molecular weight excluding hydrogens is 545 g/mol. The van der Waals surface area contributed by atoms with Crippen LogP contribution < -0.4 is 10.3 Å². The monoisotopic (exact) mass is 572 g/mol. The summed E-state index contributed by atoms with van der Waals surface area (Å²) in [7, 11) is 1.42. The SMILES string of the molecule is COc1ccc(Cl)cc1-c1c(SCC(O)CN2CC(O)COC(C)C2)c(=O)[nH]c2ccc(C(F)(F)F)cc12. The number of nitrogens with zero attached hydrogens (tertiary/aromatic N) is 1. The third-order valence-corrected chi connectivity index (χ3v) is 7.64. The molecule has 0 aliphatic carbocycles. The molecule has 1 saturated heterocycles. The van der Waals surface area contributed by atoms with E-state index in [1.54, 1.807) is 12.1 Å². The van der Waals surface area contributed by atoms with Gasteiger partial charge < -0.3 is 24.7 Å². The van der Waals surface area contributed by atoms with Crippen molar-refractivity contribution >= 4 is 34.3 Å². The highest BCUT2D eigenvalue weighted by atomic mass is 35.5. The van der Waals surface area contributed by atoms with Crippen LogP contribution in [0.3, 0.4) is 0 Å². The number of thioether (sulfide) groups is 1. The van der Waals surface area contributed by atoms with Gasteiger partial charge in [0.05, 0.1) is 42.5 Å². The summed E-state index contributed by atoms with van der Waals surface area (Å²) in [5.74, 6) is 0.402. The predicted octanol–water partition coefficient (Wildman–Crippen LogP) is 4.41. The number of ether oxygens (including phenoxy) is 2. The summed E-state index contributed by atoms with van der Waals surface area (Å²) in [6.07, 6.45) is -6.31. The summed E-state index contributed by atoms with van der Waals surface area (Å²) in [5, 5.41) is 21.3. The van der Waals surface area contributed by atoms with Crippen LogP contribution >= 0.6 is 23.4 Å². The van der Waals surface area contributed by atoms with Gasteiger partial charge in [0.2, 0.25) is 0 Å². The van der Waals surface area contributed by atoms with Crippen molar-refractivity contribution < 1.29 is 32.9 Å². The van der Waals surface area contributed by atoms with Crippen molar-refractivity contribution in [3.63, 3.8) is 0 Å². The van der Waals surface area contributed by atoms with E-state index in [0.29, 0.717) is 29.4 Å². The summed E-state index contributed by atoms with van der Waals surface area (Å²) in [6, 6.07) is 7.81. The van der Waals surface area contributed by atoms with Crippen LogP contribution in [0.4, 0.5) is 13.2 Å². The van der Waals surface area contributed by atoms with E-state index >= 15 is 0 Å². The molecule has 3 aromatic rings. The van der Waals surface area contributed by atoms with Crippen molar-refractivity contribution in [2.75, 3.05) is 39.1 Å². The topological polar surface area (TPSA) is 95.0 Å². The first-order valence-corrected chi connectivity index (χ1v) is 13.3. The third kappa shape index (κ3) is 6.64. The van der Waals surface area contributed by atoms with Gasteiger partial charge in [-0.3, -0.25) is 9.69 Å². The number of rotatable bonds is 7. The van der Waals surface area contributed by atoms with E-state index in [4.69, 9.17) is 21.1 Å². The molecule has 0 amide bonds. The molecule has 2 aromatic carbocycles. The van der Waals surface area contributed by atoms with Gasteiger partial charge in [0.1, 0.15) is 5.75 Å². The van der Waals surface area contributed by atoms with Crippen molar-refractivity contribution in [3.05, 3.63) is 57.3 Å². The van der Waals surface area contributed by atoms with Crippen molar-refractivity contribution in [2.45, 2.75) is 36.3 Å². The fourth-order valence-electron chi connectivity index (χ4n) is 4.53. The number of benzene rings is 2. The first-order chi connectivity index (χ1) is 18.0. The number of fused-ring (bicyclic) bond motifs is 1. The molecule has 12 heteroatoms. The number of nitrogens with one attached hydrogen (secondary N) is 1. The van der Waals surface area contributed by atoms with Crippen LogP contribution in [0.1, 0.15) is 12.5 Å². The second kappa shape index (κ2) is 11.8. The van der Waals surface area contributed by atoms with E-state index in [1.165, 1.54) is 19.2 Å². The Morgan fingerprint density at radius 2 is 2.03 bits per heavy atom. The van der Waals surface area contributed by atoms with E-state index in [1.807, 2.05) is 11.8 Å². The first-order valence-electron chi connectivity index (χ1n) is 11.9. The number of pyridine rings is 1. The lowest BCUT2D eigenvalue weighted by molar-refractivity contribution is -0.137. The normalized spacial score (nSPS) is 19.9. The number of H-pyrrole nitrogens is 1. The van der Waals surface area contributed by atoms with Crippen LogP contribution in [0.15, 0.2) is 46.1 Å². The maximum absolute atomic E-state index is 13.6. The summed E-state index contributed by atoms with van der Waals surface area (Å²) in [6.45, 7) is 3.14. The number of hydrogen-bond donors (Lipinski definition) is 3. The number of β-amino-alcohol motifs (C(OH)–C–C–N with tert-alkyl or cyclic N) is 2. The number of aliphatic hydroxyl groups is 2. The lowest BCUT2D eigenvalue weighted by Gasteiger charge is -2.25. The summed E-state index contributed by atoms with van der Waals surface area (Å²) in [5.41, 5.74) is -0.574. The van der Waals surface area contributed by atoms with Gasteiger partial charge in [-0.1, -0.05) is 11.6 Å². The Kier molecular flexibility index (Phi) is 8.96. The smallest absolute Gasteiger partial charge is 0.416 e. The zero-order valence-corrected chi connectivity index (χ0v) is 22.3. The van der Waals surface area contributed by atoms with Crippen LogP contribution in [0.5, 0.6) is 5.75 Å². The van der Waals surface area contributed by atoms with Crippen LogP contribution in [-0.2, 0) is 10.9 Å². The van der Waals surface area contributed by atoms with E-state index < -0.39 is 29.5 Å². The minimum Gasteiger partial charge on any atom is -0.496 e. The average molecular weight is 573 g/mol. The van der Waals surface area contributed by atoms with Crippen LogP contribution in [-0.4, -0.2) is 77.5 Å². The molecule has 3 unspecified atom stereocenters. The lowest BCUT2D eigenvalue weighted by atomic mass is 9.98. The Labute approximate surface area is 226 Å². The number of halogens is 4. The standard InChI is InChI=1S/C26H28ClF3N2O5S/c1-14-9-32(10-17(33)12-37-14)11-18(34)13-38-24-23(20-8-16(27)4-6-22(20)36-2)19-7-15(26(28,29)30)3-5-21(19)31-25(24)35/h3-8,14,17-18,33-34H,9-13H2,1-2H3,(H,31,35). The van der Waals surface area contributed by atoms with Gasteiger partial charge >= 0.3 is 6.18 Å². The van der Waals surface area contributed by atoms with E-state index in [0.717, 1.165) is 23.9 Å². The number of alkyl halides is 3.